The van der Waals surface area contributed by atoms with Crippen molar-refractivity contribution in [2.45, 2.75) is 32.9 Å². The molecule has 0 saturated carbocycles. The Labute approximate surface area is 125 Å². The van der Waals surface area contributed by atoms with E-state index in [0.717, 1.165) is 24.0 Å². The van der Waals surface area contributed by atoms with E-state index in [1.807, 2.05) is 30.3 Å². The largest absolute Gasteiger partial charge is 0.488 e. The van der Waals surface area contributed by atoms with Gasteiger partial charge in [0.15, 0.2) is 5.75 Å². The van der Waals surface area contributed by atoms with Crippen molar-refractivity contribution in [2.24, 2.45) is 5.73 Å². The zero-order valence-electron chi connectivity index (χ0n) is 12.4. The van der Waals surface area contributed by atoms with Gasteiger partial charge in [-0.3, -0.25) is 4.79 Å². The quantitative estimate of drug-likeness (QED) is 0.796. The third kappa shape index (κ3) is 4.20. The van der Waals surface area contributed by atoms with E-state index in [1.54, 1.807) is 16.8 Å². The van der Waals surface area contributed by atoms with Gasteiger partial charge in [0, 0.05) is 12.7 Å². The molecule has 0 amide bonds. The number of rotatable bonds is 7. The zero-order valence-corrected chi connectivity index (χ0v) is 12.4. The standard InChI is InChI=1S/C17H22N2O2/c1-2-3-11-21-16-5-4-10-19(17(16)20)13-15-8-6-14(12-18)7-9-15/h4-10H,2-3,11-13,18H2,1H3. The van der Waals surface area contributed by atoms with E-state index in [9.17, 15) is 4.79 Å². The number of aromatic nitrogens is 1. The summed E-state index contributed by atoms with van der Waals surface area (Å²) in [5.74, 6) is 0.421. The van der Waals surface area contributed by atoms with Gasteiger partial charge in [0.1, 0.15) is 0 Å². The number of hydrogen-bond acceptors (Lipinski definition) is 3. The molecule has 2 N–H and O–H groups in total. The molecule has 0 aliphatic heterocycles. The fourth-order valence-electron chi connectivity index (χ4n) is 2.05. The average molecular weight is 286 g/mol. The molecule has 0 unspecified atom stereocenters. The maximum absolute atomic E-state index is 12.3. The second-order valence-electron chi connectivity index (χ2n) is 5.03. The van der Waals surface area contributed by atoms with Crippen molar-refractivity contribution in [3.8, 4) is 5.75 Å². The molecule has 0 spiro atoms. The summed E-state index contributed by atoms with van der Waals surface area (Å²) in [6.45, 7) is 3.74. The molecule has 2 rings (SSSR count). The normalized spacial score (nSPS) is 10.6. The average Bonchev–Trinajstić information content (AvgIpc) is 2.52. The molecular formula is C17H22N2O2. The molecule has 0 radical (unpaired) electrons. The van der Waals surface area contributed by atoms with Crippen molar-refractivity contribution in [2.75, 3.05) is 6.61 Å². The van der Waals surface area contributed by atoms with Gasteiger partial charge in [0.05, 0.1) is 13.2 Å². The molecule has 1 aromatic carbocycles. The van der Waals surface area contributed by atoms with Crippen molar-refractivity contribution < 1.29 is 4.74 Å². The summed E-state index contributed by atoms with van der Waals surface area (Å²) in [5.41, 5.74) is 7.65. The second-order valence-corrected chi connectivity index (χ2v) is 5.03. The number of nitrogens with two attached hydrogens (primary N) is 1. The highest BCUT2D eigenvalue weighted by molar-refractivity contribution is 5.24. The van der Waals surface area contributed by atoms with Gasteiger partial charge in [-0.2, -0.15) is 0 Å². The number of hydrogen-bond donors (Lipinski definition) is 1. The van der Waals surface area contributed by atoms with E-state index in [-0.39, 0.29) is 5.56 Å². The third-order valence-corrected chi connectivity index (χ3v) is 3.35. The Hall–Kier alpha value is -2.07. The molecule has 0 aliphatic carbocycles. The Kier molecular flexibility index (Phi) is 5.58. The van der Waals surface area contributed by atoms with Gasteiger partial charge in [-0.25, -0.2) is 0 Å². The number of pyridine rings is 1. The highest BCUT2D eigenvalue weighted by atomic mass is 16.5. The highest BCUT2D eigenvalue weighted by Crippen LogP contribution is 2.08. The lowest BCUT2D eigenvalue weighted by molar-refractivity contribution is 0.303. The lowest BCUT2D eigenvalue weighted by Gasteiger charge is -2.09. The van der Waals surface area contributed by atoms with Gasteiger partial charge in [-0.05, 0) is 29.7 Å². The maximum atomic E-state index is 12.3. The molecule has 0 bridgehead atoms. The Balaban J connectivity index is 2.12. The van der Waals surface area contributed by atoms with Crippen molar-refractivity contribution >= 4 is 0 Å². The minimum atomic E-state index is -0.0866. The molecule has 1 heterocycles. The smallest absolute Gasteiger partial charge is 0.293 e. The predicted molar refractivity (Wildman–Crippen MR) is 84.5 cm³/mol. The van der Waals surface area contributed by atoms with E-state index in [2.05, 4.69) is 6.92 Å². The van der Waals surface area contributed by atoms with Gasteiger partial charge < -0.3 is 15.0 Å². The molecular weight excluding hydrogens is 264 g/mol. The lowest BCUT2D eigenvalue weighted by Crippen LogP contribution is -2.22. The van der Waals surface area contributed by atoms with E-state index >= 15 is 0 Å². The van der Waals surface area contributed by atoms with Gasteiger partial charge in [-0.1, -0.05) is 37.6 Å². The topological polar surface area (TPSA) is 57.2 Å². The van der Waals surface area contributed by atoms with Gasteiger partial charge in [0.2, 0.25) is 0 Å². The Morgan fingerprint density at radius 2 is 1.86 bits per heavy atom. The fourth-order valence-corrected chi connectivity index (χ4v) is 2.05. The molecule has 4 heteroatoms. The monoisotopic (exact) mass is 286 g/mol. The highest BCUT2D eigenvalue weighted by Gasteiger charge is 2.05. The Morgan fingerprint density at radius 1 is 1.14 bits per heavy atom. The number of benzene rings is 1. The summed E-state index contributed by atoms with van der Waals surface area (Å²) < 4.78 is 7.21. The zero-order chi connectivity index (χ0) is 15.1. The number of ether oxygens (including phenoxy) is 1. The van der Waals surface area contributed by atoms with Crippen LogP contribution >= 0.6 is 0 Å². The molecule has 0 atom stereocenters. The fraction of sp³-hybridized carbons (Fsp3) is 0.353. The van der Waals surface area contributed by atoms with Crippen LogP contribution in [0.3, 0.4) is 0 Å². The Morgan fingerprint density at radius 3 is 2.52 bits per heavy atom. The van der Waals surface area contributed by atoms with Crippen LogP contribution in [0.15, 0.2) is 47.4 Å². The molecule has 2 aromatic rings. The minimum absolute atomic E-state index is 0.0866. The molecule has 0 saturated heterocycles. The third-order valence-electron chi connectivity index (χ3n) is 3.35. The summed E-state index contributed by atoms with van der Waals surface area (Å²) >= 11 is 0. The predicted octanol–water partition coefficient (Wildman–Crippen LogP) is 2.53. The van der Waals surface area contributed by atoms with Crippen LogP contribution in [0.4, 0.5) is 0 Å². The Bertz CT molecular complexity index is 617. The van der Waals surface area contributed by atoms with Crippen LogP contribution in [0.5, 0.6) is 5.75 Å². The molecule has 4 nitrogen and oxygen atoms in total. The van der Waals surface area contributed by atoms with E-state index in [4.69, 9.17) is 10.5 Å². The summed E-state index contributed by atoms with van der Waals surface area (Å²) in [5, 5.41) is 0. The summed E-state index contributed by atoms with van der Waals surface area (Å²) in [7, 11) is 0. The molecule has 0 fully saturated rings. The van der Waals surface area contributed by atoms with Crippen molar-refractivity contribution in [1.82, 2.24) is 4.57 Å². The first-order valence-corrected chi connectivity index (χ1v) is 7.34. The van der Waals surface area contributed by atoms with E-state index < -0.39 is 0 Å². The van der Waals surface area contributed by atoms with Crippen LogP contribution in [0.25, 0.3) is 0 Å². The van der Waals surface area contributed by atoms with Gasteiger partial charge >= 0.3 is 0 Å². The van der Waals surface area contributed by atoms with Crippen molar-refractivity contribution in [1.29, 1.82) is 0 Å². The van der Waals surface area contributed by atoms with E-state index in [1.165, 1.54) is 0 Å². The maximum Gasteiger partial charge on any atom is 0.293 e. The summed E-state index contributed by atoms with van der Waals surface area (Å²) in [4.78, 5) is 12.3. The van der Waals surface area contributed by atoms with Gasteiger partial charge in [0.25, 0.3) is 5.56 Å². The minimum Gasteiger partial charge on any atom is -0.488 e. The summed E-state index contributed by atoms with van der Waals surface area (Å²) in [6.07, 6.45) is 3.79. The summed E-state index contributed by atoms with van der Waals surface area (Å²) in [6, 6.07) is 11.5. The van der Waals surface area contributed by atoms with Crippen molar-refractivity contribution in [3.05, 3.63) is 64.1 Å². The van der Waals surface area contributed by atoms with Crippen molar-refractivity contribution in [3.63, 3.8) is 0 Å². The van der Waals surface area contributed by atoms with Crippen LogP contribution in [0.2, 0.25) is 0 Å². The van der Waals surface area contributed by atoms with Crippen LogP contribution < -0.4 is 16.0 Å². The molecule has 0 aliphatic rings. The lowest BCUT2D eigenvalue weighted by atomic mass is 10.1. The number of unbranched alkanes of at least 4 members (excludes halogenated alkanes) is 1. The first-order chi connectivity index (χ1) is 10.2. The SMILES string of the molecule is CCCCOc1cccn(Cc2ccc(CN)cc2)c1=O. The van der Waals surface area contributed by atoms with Crippen LogP contribution in [0.1, 0.15) is 30.9 Å². The van der Waals surface area contributed by atoms with E-state index in [0.29, 0.717) is 25.4 Å². The molecule has 112 valence electrons. The first kappa shape index (κ1) is 15.3. The molecule has 21 heavy (non-hydrogen) atoms. The number of nitrogens with zero attached hydrogens (tertiary/aromatic N) is 1. The van der Waals surface area contributed by atoms with Crippen LogP contribution in [-0.2, 0) is 13.1 Å². The van der Waals surface area contributed by atoms with Crippen LogP contribution in [0, 0.1) is 0 Å². The van der Waals surface area contributed by atoms with Crippen LogP contribution in [-0.4, -0.2) is 11.2 Å². The molecule has 1 aromatic heterocycles. The second kappa shape index (κ2) is 7.64. The first-order valence-electron chi connectivity index (χ1n) is 7.34. The van der Waals surface area contributed by atoms with Gasteiger partial charge in [-0.15, -0.1) is 0 Å².